The lowest BCUT2D eigenvalue weighted by atomic mass is 10.0. The number of rotatable bonds is 12. The lowest BCUT2D eigenvalue weighted by molar-refractivity contribution is -0.176. The van der Waals surface area contributed by atoms with Crippen LogP contribution in [0.5, 0.6) is 0 Å². The van der Waals surface area contributed by atoms with Crippen LogP contribution in [0, 0.1) is 0 Å². The average Bonchev–Trinajstić information content (AvgIpc) is 3.12. The van der Waals surface area contributed by atoms with E-state index >= 15 is 8.78 Å². The van der Waals surface area contributed by atoms with Crippen molar-refractivity contribution in [3.05, 3.63) is 58.6 Å². The number of carbonyl (C=O) groups excluding carboxylic acids is 3. The Bertz CT molecular complexity index is 1170. The number of esters is 1. The van der Waals surface area contributed by atoms with Gasteiger partial charge < -0.3 is 19.3 Å². The smallest absolute Gasteiger partial charge is 0.412 e. The number of aliphatic hydroxyl groups is 1. The highest BCUT2D eigenvalue weighted by Crippen LogP contribution is 2.44. The van der Waals surface area contributed by atoms with E-state index in [9.17, 15) is 24.3 Å². The first kappa shape index (κ1) is 28.9. The molecule has 38 heavy (non-hydrogen) atoms. The number of nitrogens with zero attached hydrogens (tertiary/aromatic N) is 2. The van der Waals surface area contributed by atoms with Gasteiger partial charge in [-0.25, -0.2) is 9.59 Å². The number of ether oxygens (including phenoxy) is 3. The van der Waals surface area contributed by atoms with Crippen molar-refractivity contribution < 1.29 is 42.5 Å². The Labute approximate surface area is 216 Å². The monoisotopic (exact) mass is 537 g/mol. The molecule has 11 nitrogen and oxygen atoms in total. The summed E-state index contributed by atoms with van der Waals surface area (Å²) in [5.74, 6) is -5.08. The summed E-state index contributed by atoms with van der Waals surface area (Å²) in [6.45, 7) is 0.738. The van der Waals surface area contributed by atoms with Gasteiger partial charge in [0.15, 0.2) is 6.10 Å². The predicted octanol–water partition coefficient (Wildman–Crippen LogP) is 2.62. The summed E-state index contributed by atoms with van der Waals surface area (Å²) in [7, 11) is 0. The molecule has 0 spiro atoms. The number of anilines is 1. The first-order chi connectivity index (χ1) is 18.1. The van der Waals surface area contributed by atoms with E-state index in [0.717, 1.165) is 17.8 Å². The number of ketones is 1. The van der Waals surface area contributed by atoms with E-state index in [2.05, 4.69) is 15.0 Å². The number of amides is 1. The van der Waals surface area contributed by atoms with Crippen LogP contribution in [-0.2, 0) is 30.2 Å². The summed E-state index contributed by atoms with van der Waals surface area (Å²) in [6, 6.07) is 10.3. The first-order valence-electron chi connectivity index (χ1n) is 12.1. The van der Waals surface area contributed by atoms with Crippen LogP contribution in [0.25, 0.3) is 0 Å². The summed E-state index contributed by atoms with van der Waals surface area (Å²) in [6.07, 6.45) is -5.04. The van der Waals surface area contributed by atoms with E-state index in [1.807, 2.05) is 30.3 Å². The van der Waals surface area contributed by atoms with Gasteiger partial charge in [0.05, 0.1) is 13.2 Å². The van der Waals surface area contributed by atoms with Crippen molar-refractivity contribution in [1.29, 1.82) is 0 Å². The summed E-state index contributed by atoms with van der Waals surface area (Å²) in [5.41, 5.74) is -0.294. The first-order valence-corrected chi connectivity index (χ1v) is 12.1. The van der Waals surface area contributed by atoms with E-state index in [0.29, 0.717) is 11.0 Å². The summed E-state index contributed by atoms with van der Waals surface area (Å²) < 4.78 is 45.7. The Balaban J connectivity index is 1.55. The van der Waals surface area contributed by atoms with Gasteiger partial charge in [-0.3, -0.25) is 19.5 Å². The van der Waals surface area contributed by atoms with Crippen LogP contribution < -0.4 is 11.0 Å². The molecule has 3 atom stereocenters. The molecule has 1 aromatic heterocycles. The molecular formula is C25H29F2N3O8. The van der Waals surface area contributed by atoms with Gasteiger partial charge in [-0.15, -0.1) is 0 Å². The van der Waals surface area contributed by atoms with Crippen molar-refractivity contribution in [2.75, 3.05) is 18.5 Å². The highest BCUT2D eigenvalue weighted by atomic mass is 19.3. The molecular weight excluding hydrogens is 508 g/mol. The van der Waals surface area contributed by atoms with Gasteiger partial charge in [0.2, 0.25) is 6.23 Å². The largest absolute Gasteiger partial charge is 0.453 e. The minimum Gasteiger partial charge on any atom is -0.453 e. The van der Waals surface area contributed by atoms with E-state index in [1.54, 1.807) is 6.92 Å². The lowest BCUT2D eigenvalue weighted by Crippen LogP contribution is -2.44. The number of alkyl halides is 2. The Morgan fingerprint density at radius 2 is 1.87 bits per heavy atom. The minimum absolute atomic E-state index is 0.00833. The number of unbranched alkanes of at least 4 members (excludes halogenated alkanes) is 1. The maximum absolute atomic E-state index is 15.2. The molecule has 1 aromatic carbocycles. The highest BCUT2D eigenvalue weighted by Gasteiger charge is 2.62. The molecule has 0 bridgehead atoms. The fourth-order valence-corrected chi connectivity index (χ4v) is 3.90. The number of hydrogen-bond acceptors (Lipinski definition) is 9. The molecule has 1 saturated heterocycles. The van der Waals surface area contributed by atoms with Crippen molar-refractivity contribution >= 4 is 23.7 Å². The van der Waals surface area contributed by atoms with Crippen molar-refractivity contribution in [2.24, 2.45) is 0 Å². The Morgan fingerprint density at radius 1 is 1.16 bits per heavy atom. The minimum atomic E-state index is -3.89. The van der Waals surface area contributed by atoms with Gasteiger partial charge in [0.1, 0.15) is 17.7 Å². The van der Waals surface area contributed by atoms with Crippen molar-refractivity contribution in [2.45, 2.75) is 63.4 Å². The standard InChI is InChI=1S/C25H29F2N3O8/c1-2-36-24(35)29-19-12-13-30(23(34)28-19)22-25(26,27)21(18(15-31)37-22)38-20(33)11-7-6-10-17(32)14-16-8-4-3-5-9-16/h3-5,8-9,12-13,18,21-22,31H,2,6-7,10-11,14-15H2,1H3,(H,28,29,34,35)/t18-,21-,22-/m1/s1. The number of Topliss-reactive ketones (excluding diaryl/α,β-unsaturated/α-hetero) is 1. The second-order valence-electron chi connectivity index (χ2n) is 8.55. The SMILES string of the molecule is CCOC(=O)Nc1ccn([C@@H]2O[C@H](CO)[C@@H](OC(=O)CCCCC(=O)Cc3ccccc3)C2(F)F)c(=O)n1. The van der Waals surface area contributed by atoms with E-state index in [4.69, 9.17) is 9.47 Å². The summed E-state index contributed by atoms with van der Waals surface area (Å²) >= 11 is 0. The van der Waals surface area contributed by atoms with Crippen LogP contribution in [0.15, 0.2) is 47.4 Å². The molecule has 3 rings (SSSR count). The van der Waals surface area contributed by atoms with E-state index in [1.165, 1.54) is 0 Å². The topological polar surface area (TPSA) is 146 Å². The number of halogens is 2. The molecule has 13 heteroatoms. The zero-order valence-corrected chi connectivity index (χ0v) is 20.7. The molecule has 1 fully saturated rings. The van der Waals surface area contributed by atoms with Crippen molar-refractivity contribution in [3.63, 3.8) is 0 Å². The van der Waals surface area contributed by atoms with Gasteiger partial charge in [-0.1, -0.05) is 30.3 Å². The van der Waals surface area contributed by atoms with Gasteiger partial charge in [-0.2, -0.15) is 13.8 Å². The van der Waals surface area contributed by atoms with Crippen LogP contribution >= 0.6 is 0 Å². The normalized spacial score (nSPS) is 20.1. The number of benzene rings is 1. The number of aromatic nitrogens is 2. The van der Waals surface area contributed by atoms with E-state index < -0.39 is 48.7 Å². The van der Waals surface area contributed by atoms with Gasteiger partial charge >= 0.3 is 23.7 Å². The number of nitrogens with one attached hydrogen (secondary N) is 1. The van der Waals surface area contributed by atoms with E-state index in [-0.39, 0.29) is 43.9 Å². The number of hydrogen-bond donors (Lipinski definition) is 2. The molecule has 0 aliphatic carbocycles. The van der Waals surface area contributed by atoms with Crippen LogP contribution in [-0.4, -0.2) is 63.8 Å². The third-order valence-electron chi connectivity index (χ3n) is 5.71. The number of carbonyl (C=O) groups is 3. The Kier molecular flexibility index (Phi) is 10.0. The molecule has 2 N–H and O–H groups in total. The lowest BCUT2D eigenvalue weighted by Gasteiger charge is -2.24. The van der Waals surface area contributed by atoms with Crippen LogP contribution in [0.3, 0.4) is 0 Å². The van der Waals surface area contributed by atoms with Gasteiger partial charge in [-0.05, 0) is 31.4 Å². The van der Waals surface area contributed by atoms with Crippen molar-refractivity contribution in [1.82, 2.24) is 9.55 Å². The van der Waals surface area contributed by atoms with Crippen LogP contribution in [0.1, 0.15) is 44.4 Å². The quantitative estimate of drug-likeness (QED) is 0.308. The number of aliphatic hydroxyl groups excluding tert-OH is 1. The van der Waals surface area contributed by atoms with Crippen molar-refractivity contribution in [3.8, 4) is 0 Å². The summed E-state index contributed by atoms with van der Waals surface area (Å²) in [5, 5.41) is 11.7. The Hall–Kier alpha value is -3.71. The average molecular weight is 538 g/mol. The third-order valence-corrected chi connectivity index (χ3v) is 5.71. The second-order valence-corrected chi connectivity index (χ2v) is 8.55. The second kappa shape index (κ2) is 13.2. The molecule has 2 aromatic rings. The van der Waals surface area contributed by atoms with Gasteiger partial charge in [0.25, 0.3) is 0 Å². The molecule has 206 valence electrons. The predicted molar refractivity (Wildman–Crippen MR) is 129 cm³/mol. The molecule has 0 saturated carbocycles. The zero-order valence-electron chi connectivity index (χ0n) is 20.7. The third kappa shape index (κ3) is 7.42. The maximum atomic E-state index is 15.2. The molecule has 1 aliphatic rings. The fraction of sp³-hybridized carbons (Fsp3) is 0.480. The van der Waals surface area contributed by atoms with Crippen LogP contribution in [0.2, 0.25) is 0 Å². The molecule has 0 unspecified atom stereocenters. The molecule has 1 aliphatic heterocycles. The maximum Gasteiger partial charge on any atom is 0.412 e. The molecule has 0 radical (unpaired) electrons. The fourth-order valence-electron chi connectivity index (χ4n) is 3.90. The molecule has 2 heterocycles. The summed E-state index contributed by atoms with van der Waals surface area (Å²) in [4.78, 5) is 51.7. The van der Waals surface area contributed by atoms with Crippen LogP contribution in [0.4, 0.5) is 19.4 Å². The highest BCUT2D eigenvalue weighted by molar-refractivity contribution is 5.83. The zero-order chi connectivity index (χ0) is 27.7. The molecule has 1 amide bonds. The van der Waals surface area contributed by atoms with Gasteiger partial charge in [0, 0.05) is 25.5 Å². The Morgan fingerprint density at radius 3 is 2.53 bits per heavy atom.